The molecule has 1 aliphatic rings. The van der Waals surface area contributed by atoms with Crippen molar-refractivity contribution in [1.29, 1.82) is 0 Å². The second-order valence-electron chi connectivity index (χ2n) is 6.90. The van der Waals surface area contributed by atoms with Crippen molar-refractivity contribution in [2.24, 2.45) is 10.4 Å². The largest absolute Gasteiger partial charge is 0.355 e. The predicted molar refractivity (Wildman–Crippen MR) is 107 cm³/mol. The summed E-state index contributed by atoms with van der Waals surface area (Å²) in [4.78, 5) is 19.4. The van der Waals surface area contributed by atoms with E-state index >= 15 is 0 Å². The number of carbonyl (C=O) groups is 1. The molecule has 1 atom stereocenters. The highest BCUT2D eigenvalue weighted by Gasteiger charge is 2.42. The van der Waals surface area contributed by atoms with Crippen LogP contribution in [0.4, 0.5) is 0 Å². The van der Waals surface area contributed by atoms with Crippen LogP contribution in [0.15, 0.2) is 40.2 Å². The Hall–Kier alpha value is -1.89. The summed E-state index contributed by atoms with van der Waals surface area (Å²) in [6.07, 6.45) is 3.99. The van der Waals surface area contributed by atoms with Gasteiger partial charge in [-0.3, -0.25) is 14.0 Å². The molecule has 0 spiro atoms. The summed E-state index contributed by atoms with van der Waals surface area (Å²) in [5.41, 5.74) is -0.339. The molecule has 1 aliphatic carbocycles. The fraction of sp³-hybridized carbons (Fsp3) is 0.579. The molecule has 1 saturated carbocycles. The summed E-state index contributed by atoms with van der Waals surface area (Å²) in [6, 6.07) is 9.45. The van der Waals surface area contributed by atoms with E-state index in [9.17, 15) is 9.00 Å². The molecule has 6 nitrogen and oxygen atoms in total. The van der Waals surface area contributed by atoms with E-state index in [-0.39, 0.29) is 11.3 Å². The number of carbonyl (C=O) groups excluding carboxylic acids is 1. The summed E-state index contributed by atoms with van der Waals surface area (Å²) >= 11 is 0. The molecule has 26 heavy (non-hydrogen) atoms. The molecule has 0 bridgehead atoms. The number of hydrogen-bond donors (Lipinski definition) is 2. The van der Waals surface area contributed by atoms with E-state index < -0.39 is 10.8 Å². The zero-order valence-corrected chi connectivity index (χ0v) is 16.8. The highest BCUT2D eigenvalue weighted by atomic mass is 32.2. The minimum absolute atomic E-state index is 0.183. The van der Waals surface area contributed by atoms with E-state index in [2.05, 4.69) is 15.6 Å². The molecule has 0 radical (unpaired) electrons. The van der Waals surface area contributed by atoms with Crippen LogP contribution in [0.5, 0.6) is 0 Å². The topological polar surface area (TPSA) is 73.8 Å². The van der Waals surface area contributed by atoms with E-state index in [1.54, 1.807) is 11.9 Å². The summed E-state index contributed by atoms with van der Waals surface area (Å²) in [5.74, 6) is 1.34. The predicted octanol–water partition coefficient (Wildman–Crippen LogP) is 1.61. The molecular formula is C19H30N4O2S. The van der Waals surface area contributed by atoms with Gasteiger partial charge in [0.1, 0.15) is 0 Å². The first kappa shape index (κ1) is 20.4. The summed E-state index contributed by atoms with van der Waals surface area (Å²) in [6.45, 7) is 1.13. The van der Waals surface area contributed by atoms with Gasteiger partial charge < -0.3 is 15.5 Å². The maximum absolute atomic E-state index is 12.6. The minimum Gasteiger partial charge on any atom is -0.355 e. The fourth-order valence-corrected chi connectivity index (χ4v) is 4.40. The van der Waals surface area contributed by atoms with Crippen LogP contribution in [0.1, 0.15) is 25.7 Å². The summed E-state index contributed by atoms with van der Waals surface area (Å²) in [5, 5.41) is 6.49. The van der Waals surface area contributed by atoms with E-state index in [4.69, 9.17) is 0 Å². The summed E-state index contributed by atoms with van der Waals surface area (Å²) in [7, 11) is 4.30. The molecule has 1 fully saturated rings. The number of hydrogen-bond acceptors (Lipinski definition) is 3. The standard InChI is InChI=1S/C19H30N4O2S/c1-20-18(21-13-14-26(25)16-9-5-4-6-10-16)22-15-19(11-7-8-12-19)17(24)23(2)3/h4-6,9-10H,7-8,11-15H2,1-3H3,(H2,20,21,22). The van der Waals surface area contributed by atoms with Crippen LogP contribution in [0.2, 0.25) is 0 Å². The fourth-order valence-electron chi connectivity index (χ4n) is 3.42. The Labute approximate surface area is 158 Å². The second kappa shape index (κ2) is 9.71. The molecule has 7 heteroatoms. The zero-order chi connectivity index (χ0) is 19.0. The first-order valence-electron chi connectivity index (χ1n) is 9.08. The molecule has 0 heterocycles. The van der Waals surface area contributed by atoms with Crippen molar-refractivity contribution in [3.63, 3.8) is 0 Å². The molecule has 1 unspecified atom stereocenters. The zero-order valence-electron chi connectivity index (χ0n) is 16.0. The maximum Gasteiger partial charge on any atom is 0.230 e. The Morgan fingerprint density at radius 2 is 1.85 bits per heavy atom. The molecule has 1 amide bonds. The summed E-state index contributed by atoms with van der Waals surface area (Å²) < 4.78 is 12.3. The van der Waals surface area contributed by atoms with Crippen LogP contribution in [-0.2, 0) is 15.6 Å². The number of rotatable bonds is 7. The van der Waals surface area contributed by atoms with Crippen LogP contribution < -0.4 is 10.6 Å². The van der Waals surface area contributed by atoms with E-state index in [0.29, 0.717) is 24.8 Å². The van der Waals surface area contributed by atoms with E-state index in [1.807, 2.05) is 44.4 Å². The van der Waals surface area contributed by atoms with Crippen molar-refractivity contribution >= 4 is 22.7 Å². The van der Waals surface area contributed by atoms with Crippen LogP contribution in [-0.4, -0.2) is 61.0 Å². The maximum atomic E-state index is 12.6. The molecule has 2 N–H and O–H groups in total. The lowest BCUT2D eigenvalue weighted by molar-refractivity contribution is -0.138. The molecule has 0 aromatic heterocycles. The normalized spacial score (nSPS) is 17.6. The van der Waals surface area contributed by atoms with Crippen LogP contribution in [0.3, 0.4) is 0 Å². The Morgan fingerprint density at radius 3 is 2.42 bits per heavy atom. The molecule has 1 aromatic rings. The Morgan fingerprint density at radius 1 is 1.19 bits per heavy atom. The first-order chi connectivity index (χ1) is 12.5. The number of nitrogens with zero attached hydrogens (tertiary/aromatic N) is 2. The van der Waals surface area contributed by atoms with Gasteiger partial charge in [0.15, 0.2) is 5.96 Å². The van der Waals surface area contributed by atoms with Crippen LogP contribution in [0, 0.1) is 5.41 Å². The average molecular weight is 379 g/mol. The number of amides is 1. The minimum atomic E-state index is -1.04. The lowest BCUT2D eigenvalue weighted by Crippen LogP contribution is -2.49. The van der Waals surface area contributed by atoms with Crippen molar-refractivity contribution in [2.75, 3.05) is 40.0 Å². The van der Waals surface area contributed by atoms with Gasteiger partial charge in [0.05, 0.1) is 16.2 Å². The third-order valence-electron chi connectivity index (χ3n) is 4.82. The second-order valence-corrected chi connectivity index (χ2v) is 8.47. The van der Waals surface area contributed by atoms with Gasteiger partial charge in [-0.1, -0.05) is 31.0 Å². The highest BCUT2D eigenvalue weighted by molar-refractivity contribution is 7.85. The molecule has 0 aliphatic heterocycles. The Balaban J connectivity index is 1.83. The SMILES string of the molecule is CN=C(NCCS(=O)c1ccccc1)NCC1(C(=O)N(C)C)CCCC1. The van der Waals surface area contributed by atoms with Crippen LogP contribution >= 0.6 is 0 Å². The third-order valence-corrected chi connectivity index (χ3v) is 6.20. The van der Waals surface area contributed by atoms with Gasteiger partial charge >= 0.3 is 0 Å². The van der Waals surface area contributed by atoms with Crippen molar-refractivity contribution in [2.45, 2.75) is 30.6 Å². The Bertz CT molecular complexity index is 640. The highest BCUT2D eigenvalue weighted by Crippen LogP contribution is 2.38. The first-order valence-corrected chi connectivity index (χ1v) is 10.4. The monoisotopic (exact) mass is 378 g/mol. The molecule has 144 valence electrons. The van der Waals surface area contributed by atoms with Gasteiger partial charge in [0, 0.05) is 44.9 Å². The van der Waals surface area contributed by atoms with Gasteiger partial charge in [-0.2, -0.15) is 0 Å². The van der Waals surface area contributed by atoms with E-state index in [0.717, 1.165) is 30.6 Å². The average Bonchev–Trinajstić information content (AvgIpc) is 3.14. The molecule has 2 rings (SSSR count). The molecule has 1 aromatic carbocycles. The Kier molecular flexibility index (Phi) is 7.63. The number of aliphatic imine (C=N–C) groups is 1. The van der Waals surface area contributed by atoms with Gasteiger partial charge in [-0.05, 0) is 25.0 Å². The third kappa shape index (κ3) is 5.30. The number of nitrogens with one attached hydrogen (secondary N) is 2. The van der Waals surface area contributed by atoms with Crippen molar-refractivity contribution in [3.05, 3.63) is 30.3 Å². The molecule has 0 saturated heterocycles. The van der Waals surface area contributed by atoms with Crippen LogP contribution in [0.25, 0.3) is 0 Å². The lowest BCUT2D eigenvalue weighted by Gasteiger charge is -2.31. The van der Waals surface area contributed by atoms with Gasteiger partial charge in [0.2, 0.25) is 5.91 Å². The van der Waals surface area contributed by atoms with Crippen molar-refractivity contribution < 1.29 is 9.00 Å². The number of benzene rings is 1. The smallest absolute Gasteiger partial charge is 0.230 e. The molecular weight excluding hydrogens is 348 g/mol. The number of guanidine groups is 1. The quantitative estimate of drug-likeness (QED) is 0.558. The van der Waals surface area contributed by atoms with Gasteiger partial charge in [0.25, 0.3) is 0 Å². The van der Waals surface area contributed by atoms with Crippen molar-refractivity contribution in [3.8, 4) is 0 Å². The van der Waals surface area contributed by atoms with Gasteiger partial charge in [-0.15, -0.1) is 0 Å². The van der Waals surface area contributed by atoms with Gasteiger partial charge in [-0.25, -0.2) is 0 Å². The van der Waals surface area contributed by atoms with E-state index in [1.165, 1.54) is 0 Å². The van der Waals surface area contributed by atoms with Crippen molar-refractivity contribution in [1.82, 2.24) is 15.5 Å². The lowest BCUT2D eigenvalue weighted by atomic mass is 9.84.